The Morgan fingerprint density at radius 3 is 2.30 bits per heavy atom. The number of ether oxygens (including phenoxy) is 1. The van der Waals surface area contributed by atoms with Crippen LogP contribution in [0.4, 0.5) is 13.2 Å². The van der Waals surface area contributed by atoms with Crippen LogP contribution >= 0.6 is 23.2 Å². The molecular formula is C24H23Cl2F3N4O4. The molecule has 0 aliphatic rings. The number of nitrogens with zero attached hydrogens (tertiary/aromatic N) is 3. The molecule has 4 aromatic rings. The van der Waals surface area contributed by atoms with Gasteiger partial charge >= 0.3 is 12.1 Å². The van der Waals surface area contributed by atoms with Gasteiger partial charge in [0.1, 0.15) is 11.5 Å². The number of carboxylic acid groups (broad SMARTS) is 1. The normalized spacial score (nSPS) is 11.3. The number of para-hydroxylation sites is 2. The van der Waals surface area contributed by atoms with Gasteiger partial charge in [0.05, 0.1) is 34.9 Å². The number of benzene rings is 2. The summed E-state index contributed by atoms with van der Waals surface area (Å²) in [7, 11) is 0. The van der Waals surface area contributed by atoms with E-state index in [1.54, 1.807) is 18.2 Å². The van der Waals surface area contributed by atoms with E-state index in [0.717, 1.165) is 34.5 Å². The van der Waals surface area contributed by atoms with Gasteiger partial charge in [-0.2, -0.15) is 13.2 Å². The van der Waals surface area contributed by atoms with E-state index in [9.17, 15) is 13.2 Å². The third kappa shape index (κ3) is 6.86. The monoisotopic (exact) mass is 558 g/mol. The number of aryl methyl sites for hydroxylation is 3. The Morgan fingerprint density at radius 2 is 1.76 bits per heavy atom. The fraction of sp³-hybridized carbons (Fsp3) is 0.292. The maximum Gasteiger partial charge on any atom is 0.490 e. The minimum atomic E-state index is -5.08. The molecule has 13 heteroatoms. The Bertz CT molecular complexity index is 1440. The van der Waals surface area contributed by atoms with Gasteiger partial charge < -0.3 is 23.5 Å². The molecule has 2 aromatic carbocycles. The van der Waals surface area contributed by atoms with E-state index in [4.69, 9.17) is 47.8 Å². The zero-order valence-corrected chi connectivity index (χ0v) is 21.3. The lowest BCUT2D eigenvalue weighted by atomic mass is 10.2. The fourth-order valence-electron chi connectivity index (χ4n) is 3.56. The van der Waals surface area contributed by atoms with E-state index in [1.807, 2.05) is 47.2 Å². The first kappa shape index (κ1) is 28.1. The standard InChI is InChI=1S/C22H22Cl2N4O2.C2HF3O2/c1-14-17(15(2)30-26-14)13-28-20-7-4-3-6-19(20)27(22(28)25)10-5-11-29-21-9-8-16(23)12-18(21)24;3-2(4,5)1(6)7/h3-4,6-9,12,25H,5,10-11,13H2,1-2H3;(H,6,7). The molecule has 0 aliphatic heterocycles. The molecule has 0 amide bonds. The molecule has 0 spiro atoms. The van der Waals surface area contributed by atoms with Gasteiger partial charge in [0.15, 0.2) is 0 Å². The average molecular weight is 559 g/mol. The third-order valence-electron chi connectivity index (χ3n) is 5.39. The first-order valence-electron chi connectivity index (χ1n) is 10.9. The molecule has 37 heavy (non-hydrogen) atoms. The highest BCUT2D eigenvalue weighted by atomic mass is 35.5. The molecule has 0 saturated carbocycles. The molecule has 2 heterocycles. The van der Waals surface area contributed by atoms with Crippen molar-refractivity contribution in [1.82, 2.24) is 14.3 Å². The van der Waals surface area contributed by atoms with Gasteiger partial charge in [-0.1, -0.05) is 40.5 Å². The van der Waals surface area contributed by atoms with Crippen LogP contribution in [0, 0.1) is 19.3 Å². The van der Waals surface area contributed by atoms with Crippen LogP contribution in [0.15, 0.2) is 47.0 Å². The number of aromatic nitrogens is 3. The van der Waals surface area contributed by atoms with Crippen LogP contribution in [0.1, 0.15) is 23.4 Å². The van der Waals surface area contributed by atoms with Crippen LogP contribution < -0.4 is 10.4 Å². The number of aliphatic carboxylic acids is 1. The highest BCUT2D eigenvalue weighted by Crippen LogP contribution is 2.27. The summed E-state index contributed by atoms with van der Waals surface area (Å²) in [5.74, 6) is -1.37. The number of alkyl halides is 3. The number of hydrogen-bond donors (Lipinski definition) is 2. The number of rotatable bonds is 7. The van der Waals surface area contributed by atoms with Crippen LogP contribution in [0.25, 0.3) is 11.0 Å². The highest BCUT2D eigenvalue weighted by Gasteiger charge is 2.38. The van der Waals surface area contributed by atoms with E-state index in [1.165, 1.54) is 0 Å². The van der Waals surface area contributed by atoms with Gasteiger partial charge in [0, 0.05) is 17.1 Å². The molecule has 4 rings (SSSR count). The van der Waals surface area contributed by atoms with E-state index in [2.05, 4.69) is 5.16 Å². The number of nitrogens with one attached hydrogen (secondary N) is 1. The van der Waals surface area contributed by atoms with Crippen LogP contribution in [0.2, 0.25) is 10.0 Å². The summed E-state index contributed by atoms with van der Waals surface area (Å²) in [5.41, 5.74) is 4.31. The van der Waals surface area contributed by atoms with Crippen LogP contribution in [-0.4, -0.2) is 38.1 Å². The minimum absolute atomic E-state index is 0.431. The lowest BCUT2D eigenvalue weighted by Crippen LogP contribution is -2.26. The first-order valence-corrected chi connectivity index (χ1v) is 11.7. The van der Waals surface area contributed by atoms with Gasteiger partial charge in [-0.25, -0.2) is 4.79 Å². The summed E-state index contributed by atoms with van der Waals surface area (Å²) >= 11 is 12.1. The summed E-state index contributed by atoms with van der Waals surface area (Å²) in [4.78, 5) is 8.90. The topological polar surface area (TPSA) is 106 Å². The van der Waals surface area contributed by atoms with Gasteiger partial charge in [0.25, 0.3) is 0 Å². The molecular weight excluding hydrogens is 536 g/mol. The second kappa shape index (κ2) is 11.7. The van der Waals surface area contributed by atoms with Crippen molar-refractivity contribution in [3.63, 3.8) is 0 Å². The number of fused-ring (bicyclic) bond motifs is 1. The minimum Gasteiger partial charge on any atom is -0.492 e. The van der Waals surface area contributed by atoms with Crippen LogP contribution in [0.5, 0.6) is 5.75 Å². The molecule has 0 saturated heterocycles. The highest BCUT2D eigenvalue weighted by molar-refractivity contribution is 6.35. The lowest BCUT2D eigenvalue weighted by molar-refractivity contribution is -0.192. The SMILES string of the molecule is Cc1noc(C)c1Cn1c(=N)n(CCCOc2ccc(Cl)cc2Cl)c2ccccc21.O=C(O)C(F)(F)F. The Hall–Kier alpha value is -3.44. The number of halogens is 5. The molecule has 8 nitrogen and oxygen atoms in total. The maximum atomic E-state index is 10.6. The van der Waals surface area contributed by atoms with Gasteiger partial charge in [-0.3, -0.25) is 5.41 Å². The lowest BCUT2D eigenvalue weighted by Gasteiger charge is -2.09. The summed E-state index contributed by atoms with van der Waals surface area (Å²) in [6, 6.07) is 13.2. The Balaban J connectivity index is 0.000000479. The molecule has 198 valence electrons. The van der Waals surface area contributed by atoms with Gasteiger partial charge in [-0.15, -0.1) is 0 Å². The molecule has 0 aliphatic carbocycles. The second-order valence-electron chi connectivity index (χ2n) is 7.93. The summed E-state index contributed by atoms with van der Waals surface area (Å²) in [6.45, 7) is 5.51. The Labute approximate surface area is 219 Å². The Kier molecular flexibility index (Phi) is 8.93. The largest absolute Gasteiger partial charge is 0.492 e. The maximum absolute atomic E-state index is 10.6. The third-order valence-corrected chi connectivity index (χ3v) is 5.92. The van der Waals surface area contributed by atoms with Crippen molar-refractivity contribution in [2.45, 2.75) is 39.5 Å². The van der Waals surface area contributed by atoms with Crippen LogP contribution in [-0.2, 0) is 17.9 Å². The second-order valence-corrected chi connectivity index (χ2v) is 8.78. The van der Waals surface area contributed by atoms with E-state index < -0.39 is 12.1 Å². The summed E-state index contributed by atoms with van der Waals surface area (Å²) in [5, 5.41) is 21.0. The van der Waals surface area contributed by atoms with E-state index >= 15 is 0 Å². The molecule has 0 unspecified atom stereocenters. The molecule has 0 atom stereocenters. The molecule has 0 bridgehead atoms. The van der Waals surface area contributed by atoms with Crippen molar-refractivity contribution < 1.29 is 32.3 Å². The summed E-state index contributed by atoms with van der Waals surface area (Å²) in [6.07, 6.45) is -4.35. The van der Waals surface area contributed by atoms with Crippen molar-refractivity contribution >= 4 is 40.2 Å². The van der Waals surface area contributed by atoms with E-state index in [-0.39, 0.29) is 0 Å². The number of hydrogen-bond acceptors (Lipinski definition) is 5. The first-order chi connectivity index (χ1) is 17.4. The number of imidazole rings is 1. The Morgan fingerprint density at radius 1 is 1.14 bits per heavy atom. The van der Waals surface area contributed by atoms with Crippen molar-refractivity contribution in [2.24, 2.45) is 0 Å². The predicted octanol–water partition coefficient (Wildman–Crippen LogP) is 5.98. The molecule has 2 N–H and O–H groups in total. The fourth-order valence-corrected chi connectivity index (χ4v) is 4.03. The average Bonchev–Trinajstić information content (AvgIpc) is 3.28. The van der Waals surface area contributed by atoms with Crippen molar-refractivity contribution in [2.75, 3.05) is 6.61 Å². The van der Waals surface area contributed by atoms with Crippen molar-refractivity contribution in [3.8, 4) is 5.75 Å². The zero-order chi connectivity index (χ0) is 27.3. The number of carbonyl (C=O) groups is 1. The molecule has 2 aromatic heterocycles. The predicted molar refractivity (Wildman–Crippen MR) is 131 cm³/mol. The smallest absolute Gasteiger partial charge is 0.490 e. The van der Waals surface area contributed by atoms with Gasteiger partial charge in [0.2, 0.25) is 5.62 Å². The summed E-state index contributed by atoms with van der Waals surface area (Å²) < 4.78 is 46.8. The number of carboxylic acids is 1. The molecule has 0 fully saturated rings. The van der Waals surface area contributed by atoms with Crippen LogP contribution in [0.3, 0.4) is 0 Å². The van der Waals surface area contributed by atoms with Crippen molar-refractivity contribution in [1.29, 1.82) is 5.41 Å². The quantitative estimate of drug-likeness (QED) is 0.271. The van der Waals surface area contributed by atoms with Crippen molar-refractivity contribution in [3.05, 3.63) is 75.1 Å². The zero-order valence-electron chi connectivity index (χ0n) is 19.8. The van der Waals surface area contributed by atoms with Gasteiger partial charge in [-0.05, 0) is 50.6 Å². The molecule has 0 radical (unpaired) electrons. The van der Waals surface area contributed by atoms with E-state index in [0.29, 0.717) is 41.1 Å².